The van der Waals surface area contributed by atoms with Crippen LogP contribution in [-0.2, 0) is 0 Å². The van der Waals surface area contributed by atoms with Gasteiger partial charge in [-0.05, 0) is 19.0 Å². The highest BCUT2D eigenvalue weighted by molar-refractivity contribution is 6.42. The molecule has 1 aromatic carbocycles. The molecule has 0 spiro atoms. The minimum atomic E-state index is -0.551. The molecule has 1 fully saturated rings. The number of piperazine rings is 1. The first-order valence-electron chi connectivity index (χ1n) is 7.18. The van der Waals surface area contributed by atoms with E-state index in [2.05, 4.69) is 16.7 Å². The van der Waals surface area contributed by atoms with Crippen LogP contribution in [0.15, 0.2) is 18.2 Å². The van der Waals surface area contributed by atoms with Gasteiger partial charge in [-0.3, -0.25) is 0 Å². The second kappa shape index (κ2) is 7.62. The van der Waals surface area contributed by atoms with Gasteiger partial charge >= 0.3 is 0 Å². The molecule has 1 aliphatic rings. The highest BCUT2D eigenvalue weighted by Gasteiger charge is 2.18. The number of rotatable bonds is 5. The highest BCUT2D eigenvalue weighted by atomic mass is 35.5. The number of nitrogens with zero attached hydrogens (tertiary/aromatic N) is 2. The van der Waals surface area contributed by atoms with Gasteiger partial charge in [-0.2, -0.15) is 0 Å². The average Bonchev–Trinajstić information content (AvgIpc) is 2.48. The third kappa shape index (κ3) is 4.09. The van der Waals surface area contributed by atoms with Gasteiger partial charge in [0.1, 0.15) is 0 Å². The van der Waals surface area contributed by atoms with Crippen molar-refractivity contribution in [2.45, 2.75) is 19.4 Å². The maximum atomic E-state index is 10.3. The second-order valence-corrected chi connectivity index (χ2v) is 6.01. The fraction of sp³-hybridized carbons (Fsp3) is 0.600. The predicted octanol–water partition coefficient (Wildman–Crippen LogP) is 3.05. The first-order chi connectivity index (χ1) is 9.61. The first kappa shape index (κ1) is 16.1. The van der Waals surface area contributed by atoms with E-state index < -0.39 is 6.10 Å². The predicted molar refractivity (Wildman–Crippen MR) is 84.6 cm³/mol. The lowest BCUT2D eigenvalue weighted by molar-refractivity contribution is 0.105. The van der Waals surface area contributed by atoms with Crippen LogP contribution in [0.2, 0.25) is 10.0 Å². The number of aliphatic hydroxyl groups is 1. The van der Waals surface area contributed by atoms with Gasteiger partial charge in [0.2, 0.25) is 0 Å². The van der Waals surface area contributed by atoms with Crippen molar-refractivity contribution in [3.63, 3.8) is 0 Å². The topological polar surface area (TPSA) is 26.7 Å². The molecule has 0 bridgehead atoms. The zero-order chi connectivity index (χ0) is 14.5. The van der Waals surface area contributed by atoms with E-state index in [1.165, 1.54) is 0 Å². The van der Waals surface area contributed by atoms with E-state index in [0.29, 0.717) is 16.5 Å². The van der Waals surface area contributed by atoms with Crippen LogP contribution in [0.3, 0.4) is 0 Å². The van der Waals surface area contributed by atoms with Crippen molar-refractivity contribution in [3.05, 3.63) is 33.8 Å². The number of likely N-dealkylation sites (N-methyl/N-ethyl adjacent to an activating group) is 1. The van der Waals surface area contributed by atoms with E-state index in [9.17, 15) is 5.11 Å². The Morgan fingerprint density at radius 2 is 1.80 bits per heavy atom. The normalized spacial score (nSPS) is 19.2. The summed E-state index contributed by atoms with van der Waals surface area (Å²) in [6.45, 7) is 8.58. The molecule has 2 rings (SSSR count). The number of hydrogen-bond acceptors (Lipinski definition) is 3. The van der Waals surface area contributed by atoms with Gasteiger partial charge in [-0.25, -0.2) is 0 Å². The minimum Gasteiger partial charge on any atom is -0.388 e. The van der Waals surface area contributed by atoms with Gasteiger partial charge in [-0.1, -0.05) is 42.3 Å². The molecule has 0 amide bonds. The summed E-state index contributed by atoms with van der Waals surface area (Å²) in [5.74, 6) is 0. The Bertz CT molecular complexity index is 434. The first-order valence-corrected chi connectivity index (χ1v) is 7.94. The van der Waals surface area contributed by atoms with Crippen molar-refractivity contribution in [2.24, 2.45) is 0 Å². The lowest BCUT2D eigenvalue weighted by Crippen LogP contribution is -2.46. The largest absolute Gasteiger partial charge is 0.388 e. The third-order valence-electron chi connectivity index (χ3n) is 3.97. The third-order valence-corrected chi connectivity index (χ3v) is 4.80. The van der Waals surface area contributed by atoms with Crippen LogP contribution in [0, 0.1) is 0 Å². The molecule has 1 saturated heterocycles. The number of aliphatic hydroxyl groups excluding tert-OH is 1. The van der Waals surface area contributed by atoms with Crippen molar-refractivity contribution >= 4 is 23.2 Å². The quantitative estimate of drug-likeness (QED) is 0.904. The van der Waals surface area contributed by atoms with E-state index in [-0.39, 0.29) is 0 Å². The summed E-state index contributed by atoms with van der Waals surface area (Å²) in [7, 11) is 0. The summed E-state index contributed by atoms with van der Waals surface area (Å²) < 4.78 is 0. The molecule has 1 aromatic rings. The summed E-state index contributed by atoms with van der Waals surface area (Å²) in [6.07, 6.45) is 0.136. The molecule has 5 heteroatoms. The SMILES string of the molecule is CCN1CCN(CCC(O)c2cccc(Cl)c2Cl)CC1. The Kier molecular flexibility index (Phi) is 6.12. The van der Waals surface area contributed by atoms with Crippen LogP contribution in [0.4, 0.5) is 0 Å². The molecular formula is C15H22Cl2N2O. The molecule has 20 heavy (non-hydrogen) atoms. The molecule has 1 atom stereocenters. The van der Waals surface area contributed by atoms with Gasteiger partial charge in [0, 0.05) is 38.3 Å². The van der Waals surface area contributed by atoms with Gasteiger partial charge in [0.25, 0.3) is 0 Å². The van der Waals surface area contributed by atoms with Crippen molar-refractivity contribution < 1.29 is 5.11 Å². The summed E-state index contributed by atoms with van der Waals surface area (Å²) in [6, 6.07) is 5.41. The smallest absolute Gasteiger partial charge is 0.0817 e. The molecule has 1 N–H and O–H groups in total. The van der Waals surface area contributed by atoms with Crippen LogP contribution >= 0.6 is 23.2 Å². The van der Waals surface area contributed by atoms with Crippen LogP contribution in [0.1, 0.15) is 25.0 Å². The number of halogens is 2. The zero-order valence-corrected chi connectivity index (χ0v) is 13.4. The minimum absolute atomic E-state index is 0.470. The van der Waals surface area contributed by atoms with Crippen molar-refractivity contribution in [1.29, 1.82) is 0 Å². The van der Waals surface area contributed by atoms with Gasteiger partial charge < -0.3 is 14.9 Å². The van der Waals surface area contributed by atoms with Crippen LogP contribution in [-0.4, -0.2) is 54.2 Å². The molecule has 0 aliphatic carbocycles. The Morgan fingerprint density at radius 1 is 1.15 bits per heavy atom. The lowest BCUT2D eigenvalue weighted by Gasteiger charge is -2.34. The molecule has 0 saturated carbocycles. The van der Waals surface area contributed by atoms with Crippen molar-refractivity contribution in [2.75, 3.05) is 39.3 Å². The van der Waals surface area contributed by atoms with E-state index in [1.54, 1.807) is 6.07 Å². The van der Waals surface area contributed by atoms with Crippen molar-refractivity contribution in [1.82, 2.24) is 9.80 Å². The lowest BCUT2D eigenvalue weighted by atomic mass is 10.1. The van der Waals surface area contributed by atoms with Crippen LogP contribution in [0.25, 0.3) is 0 Å². The summed E-state index contributed by atoms with van der Waals surface area (Å²) in [4.78, 5) is 4.84. The summed E-state index contributed by atoms with van der Waals surface area (Å²) in [5.41, 5.74) is 0.728. The Morgan fingerprint density at radius 3 is 2.45 bits per heavy atom. The standard InChI is InChI=1S/C15H22Cl2N2O/c1-2-18-8-10-19(11-9-18)7-6-14(20)12-4-3-5-13(16)15(12)17/h3-5,14,20H,2,6-11H2,1H3. The summed E-state index contributed by atoms with van der Waals surface area (Å²) >= 11 is 12.1. The molecule has 0 radical (unpaired) electrons. The van der Waals surface area contributed by atoms with E-state index in [1.807, 2.05) is 12.1 Å². The molecule has 112 valence electrons. The maximum absolute atomic E-state index is 10.3. The van der Waals surface area contributed by atoms with E-state index in [4.69, 9.17) is 23.2 Å². The maximum Gasteiger partial charge on any atom is 0.0817 e. The fourth-order valence-corrected chi connectivity index (χ4v) is 3.00. The van der Waals surface area contributed by atoms with Crippen LogP contribution < -0.4 is 0 Å². The molecular weight excluding hydrogens is 295 g/mol. The van der Waals surface area contributed by atoms with Crippen LogP contribution in [0.5, 0.6) is 0 Å². The fourth-order valence-electron chi connectivity index (χ4n) is 2.57. The van der Waals surface area contributed by atoms with E-state index in [0.717, 1.165) is 44.8 Å². The monoisotopic (exact) mass is 316 g/mol. The van der Waals surface area contributed by atoms with Gasteiger partial charge in [0.15, 0.2) is 0 Å². The number of hydrogen-bond donors (Lipinski definition) is 1. The average molecular weight is 317 g/mol. The zero-order valence-electron chi connectivity index (χ0n) is 11.9. The molecule has 1 unspecified atom stereocenters. The Labute approximate surface area is 131 Å². The van der Waals surface area contributed by atoms with Gasteiger partial charge in [0.05, 0.1) is 16.1 Å². The van der Waals surface area contributed by atoms with Gasteiger partial charge in [-0.15, -0.1) is 0 Å². The molecule has 3 nitrogen and oxygen atoms in total. The molecule has 0 aromatic heterocycles. The Balaban J connectivity index is 1.83. The number of benzene rings is 1. The molecule has 1 aliphatic heterocycles. The second-order valence-electron chi connectivity index (χ2n) is 5.22. The summed E-state index contributed by atoms with van der Waals surface area (Å²) in [5, 5.41) is 11.2. The van der Waals surface area contributed by atoms with E-state index >= 15 is 0 Å². The molecule has 1 heterocycles. The van der Waals surface area contributed by atoms with Crippen molar-refractivity contribution in [3.8, 4) is 0 Å². The Hall–Kier alpha value is -0.320. The highest BCUT2D eigenvalue weighted by Crippen LogP contribution is 2.31.